The van der Waals surface area contributed by atoms with E-state index in [-0.39, 0.29) is 29.9 Å². The fraction of sp³-hybridized carbons (Fsp3) is 0.667. The lowest BCUT2D eigenvalue weighted by Gasteiger charge is -2.55. The molecule has 1 N–H and O–H groups in total. The van der Waals surface area contributed by atoms with E-state index in [1.54, 1.807) is 12.1 Å². The number of amidine groups is 1. The van der Waals surface area contributed by atoms with Gasteiger partial charge in [-0.15, -0.1) is 12.4 Å². The van der Waals surface area contributed by atoms with E-state index in [2.05, 4.69) is 24.1 Å². The zero-order chi connectivity index (χ0) is 20.9. The average Bonchev–Trinajstić information content (AvgIpc) is 3.04. The summed E-state index contributed by atoms with van der Waals surface area (Å²) >= 11 is 7.81. The first kappa shape index (κ1) is 23.3. The van der Waals surface area contributed by atoms with Crippen molar-refractivity contribution in [1.82, 2.24) is 4.90 Å². The molecular formula is C24H33Cl2N3OS. The normalized spacial score (nSPS) is 35.0. The predicted octanol–water partition coefficient (Wildman–Crippen LogP) is 6.24. The number of carbonyl (C=O) groups is 1. The van der Waals surface area contributed by atoms with E-state index in [1.807, 2.05) is 23.9 Å². The van der Waals surface area contributed by atoms with Gasteiger partial charge in [-0.3, -0.25) is 9.79 Å². The van der Waals surface area contributed by atoms with Crippen LogP contribution in [0.25, 0.3) is 0 Å². The second kappa shape index (κ2) is 9.15. The van der Waals surface area contributed by atoms with E-state index in [9.17, 15) is 4.79 Å². The molecule has 1 aromatic rings. The molecule has 1 atom stereocenters. The third kappa shape index (κ3) is 4.89. The first-order valence-electron chi connectivity index (χ1n) is 11.5. The highest BCUT2D eigenvalue weighted by atomic mass is 35.5. The molecule has 4 saturated carbocycles. The summed E-state index contributed by atoms with van der Waals surface area (Å²) in [5.74, 6) is 3.71. The fourth-order valence-electron chi connectivity index (χ4n) is 6.74. The Hall–Kier alpha value is -0.910. The number of anilines is 1. The minimum Gasteiger partial charge on any atom is -0.345 e. The highest BCUT2D eigenvalue weighted by molar-refractivity contribution is 8.14. The smallest absolute Gasteiger partial charge is 0.226 e. The molecular weight excluding hydrogens is 449 g/mol. The van der Waals surface area contributed by atoms with Crippen molar-refractivity contribution in [2.45, 2.75) is 76.4 Å². The third-order valence-corrected chi connectivity index (χ3v) is 8.83. The number of hydrogen-bond acceptors (Lipinski definition) is 3. The Labute approximate surface area is 201 Å². The Morgan fingerprint density at radius 2 is 1.74 bits per heavy atom. The second-order valence-electron chi connectivity index (χ2n) is 10.3. The molecule has 5 fully saturated rings. The summed E-state index contributed by atoms with van der Waals surface area (Å²) in [6.07, 6.45) is 8.69. The second-order valence-corrected chi connectivity index (χ2v) is 11.7. The van der Waals surface area contributed by atoms with Crippen LogP contribution in [0.3, 0.4) is 0 Å². The number of hydrogen-bond donors (Lipinski definition) is 1. The van der Waals surface area contributed by atoms with Crippen LogP contribution in [-0.2, 0) is 4.79 Å². The molecule has 1 aromatic carbocycles. The largest absolute Gasteiger partial charge is 0.345 e. The summed E-state index contributed by atoms with van der Waals surface area (Å²) < 4.78 is 0. The standard InChI is InChI=1S/C24H32ClN3OS.ClH/c1-15(2)28-21(10-22(29)26-20-5-3-19(25)4-6-20)14-30-23(28)27-24-11-16-7-17(12-24)9-18(8-16)13-24;/h3-6,15-18,21H,7-14H2,1-2H3,(H,26,29);1H. The fourth-order valence-corrected chi connectivity index (χ4v) is 8.25. The van der Waals surface area contributed by atoms with Gasteiger partial charge in [0.05, 0.1) is 5.54 Å². The number of halogens is 2. The maximum atomic E-state index is 12.7. The van der Waals surface area contributed by atoms with E-state index >= 15 is 0 Å². The highest BCUT2D eigenvalue weighted by Gasteiger charge is 2.51. The lowest BCUT2D eigenvalue weighted by atomic mass is 9.53. The van der Waals surface area contributed by atoms with E-state index in [4.69, 9.17) is 16.6 Å². The van der Waals surface area contributed by atoms with Gasteiger partial charge in [-0.05, 0) is 94.4 Å². The van der Waals surface area contributed by atoms with Gasteiger partial charge < -0.3 is 10.2 Å². The average molecular weight is 483 g/mol. The van der Waals surface area contributed by atoms with Crippen LogP contribution in [0.5, 0.6) is 0 Å². The lowest BCUT2D eigenvalue weighted by Crippen LogP contribution is -2.50. The van der Waals surface area contributed by atoms with Crippen molar-refractivity contribution < 1.29 is 4.79 Å². The molecule has 0 aromatic heterocycles. The van der Waals surface area contributed by atoms with Crippen molar-refractivity contribution in [3.8, 4) is 0 Å². The lowest BCUT2D eigenvalue weighted by molar-refractivity contribution is -0.117. The molecule has 4 aliphatic carbocycles. The van der Waals surface area contributed by atoms with Crippen LogP contribution in [0.15, 0.2) is 29.3 Å². The van der Waals surface area contributed by atoms with Crippen molar-refractivity contribution in [2.24, 2.45) is 22.7 Å². The maximum absolute atomic E-state index is 12.7. The van der Waals surface area contributed by atoms with Gasteiger partial charge in [0.25, 0.3) is 0 Å². The summed E-state index contributed by atoms with van der Waals surface area (Å²) in [5, 5.41) is 4.89. The van der Waals surface area contributed by atoms with Gasteiger partial charge in [-0.25, -0.2) is 0 Å². The van der Waals surface area contributed by atoms with E-state index in [0.29, 0.717) is 17.5 Å². The van der Waals surface area contributed by atoms with Crippen molar-refractivity contribution in [1.29, 1.82) is 0 Å². The molecule has 170 valence electrons. The molecule has 4 nitrogen and oxygen atoms in total. The van der Waals surface area contributed by atoms with Gasteiger partial charge >= 0.3 is 0 Å². The third-order valence-electron chi connectivity index (χ3n) is 7.46. The Morgan fingerprint density at radius 1 is 1.16 bits per heavy atom. The number of nitrogens with one attached hydrogen (secondary N) is 1. The summed E-state index contributed by atoms with van der Waals surface area (Å²) in [7, 11) is 0. The van der Waals surface area contributed by atoms with Crippen LogP contribution < -0.4 is 5.32 Å². The quantitative estimate of drug-likeness (QED) is 0.540. The molecule has 1 aliphatic heterocycles. The van der Waals surface area contributed by atoms with Crippen LogP contribution in [0, 0.1) is 17.8 Å². The van der Waals surface area contributed by atoms with Gasteiger partial charge in [-0.1, -0.05) is 23.4 Å². The number of amides is 1. The molecule has 31 heavy (non-hydrogen) atoms. The zero-order valence-electron chi connectivity index (χ0n) is 18.4. The number of nitrogens with zero attached hydrogens (tertiary/aromatic N) is 2. The topological polar surface area (TPSA) is 44.7 Å². The zero-order valence-corrected chi connectivity index (χ0v) is 20.7. The maximum Gasteiger partial charge on any atom is 0.226 e. The molecule has 0 spiro atoms. The number of aliphatic imine (C=N–C) groups is 1. The number of benzene rings is 1. The summed E-state index contributed by atoms with van der Waals surface area (Å²) in [6.45, 7) is 4.45. The predicted molar refractivity (Wildman–Crippen MR) is 134 cm³/mol. The van der Waals surface area contributed by atoms with Gasteiger partial charge in [0.15, 0.2) is 5.17 Å². The minimum absolute atomic E-state index is 0. The van der Waals surface area contributed by atoms with E-state index < -0.39 is 0 Å². The SMILES string of the molecule is CC(C)N1C(=NC23CC4CC(CC(C4)C2)C3)SCC1CC(=O)Nc1ccc(Cl)cc1.Cl. The molecule has 0 radical (unpaired) electrons. The molecule has 1 heterocycles. The van der Waals surface area contributed by atoms with Crippen LogP contribution in [-0.4, -0.2) is 39.4 Å². The molecule has 4 bridgehead atoms. The van der Waals surface area contributed by atoms with Crippen molar-refractivity contribution in [2.75, 3.05) is 11.1 Å². The molecule has 6 rings (SSSR count). The van der Waals surface area contributed by atoms with E-state index in [0.717, 1.165) is 29.2 Å². The summed E-state index contributed by atoms with van der Waals surface area (Å²) in [4.78, 5) is 20.6. The van der Waals surface area contributed by atoms with Crippen molar-refractivity contribution in [3.63, 3.8) is 0 Å². The minimum atomic E-state index is 0. The molecule has 1 amide bonds. The molecule has 7 heteroatoms. The van der Waals surface area contributed by atoms with Gasteiger partial charge in [0.1, 0.15) is 0 Å². The molecule has 5 aliphatic rings. The first-order valence-corrected chi connectivity index (χ1v) is 12.8. The Balaban J connectivity index is 0.00000231. The number of rotatable bonds is 5. The Morgan fingerprint density at radius 3 is 2.29 bits per heavy atom. The van der Waals surface area contributed by atoms with Gasteiger partial charge in [0, 0.05) is 35.0 Å². The monoisotopic (exact) mass is 481 g/mol. The first-order chi connectivity index (χ1) is 14.4. The van der Waals surface area contributed by atoms with Crippen molar-refractivity contribution in [3.05, 3.63) is 29.3 Å². The summed E-state index contributed by atoms with van der Waals surface area (Å²) in [5.41, 5.74) is 0.985. The molecule has 1 saturated heterocycles. The number of thioether (sulfide) groups is 1. The van der Waals surface area contributed by atoms with Crippen LogP contribution >= 0.6 is 35.8 Å². The van der Waals surface area contributed by atoms with Crippen molar-refractivity contribution >= 4 is 52.5 Å². The Kier molecular flexibility index (Phi) is 6.86. The Bertz CT molecular complexity index is 806. The summed E-state index contributed by atoms with van der Waals surface area (Å²) in [6, 6.07) is 7.86. The number of carbonyl (C=O) groups excluding carboxylic acids is 1. The highest BCUT2D eigenvalue weighted by Crippen LogP contribution is 2.57. The van der Waals surface area contributed by atoms with Crippen LogP contribution in [0.1, 0.15) is 58.8 Å². The van der Waals surface area contributed by atoms with Crippen LogP contribution in [0.4, 0.5) is 5.69 Å². The van der Waals surface area contributed by atoms with E-state index in [1.165, 1.54) is 43.7 Å². The molecule has 1 unspecified atom stereocenters. The van der Waals surface area contributed by atoms with Gasteiger partial charge in [-0.2, -0.15) is 0 Å². The van der Waals surface area contributed by atoms with Crippen LogP contribution in [0.2, 0.25) is 5.02 Å². The van der Waals surface area contributed by atoms with Gasteiger partial charge in [0.2, 0.25) is 5.91 Å².